The Balaban J connectivity index is 1.82. The van der Waals surface area contributed by atoms with Crippen LogP contribution in [0.25, 0.3) is 0 Å². The van der Waals surface area contributed by atoms with Crippen LogP contribution in [0, 0.1) is 12.7 Å². The normalized spacial score (nSPS) is 16.6. The molecule has 134 valence electrons. The van der Waals surface area contributed by atoms with Crippen LogP contribution >= 0.6 is 0 Å². The van der Waals surface area contributed by atoms with E-state index >= 15 is 0 Å². The Hall–Kier alpha value is -2.48. The monoisotopic (exact) mass is 348 g/mol. The summed E-state index contributed by atoms with van der Waals surface area (Å²) in [6, 6.07) is 4.38. The summed E-state index contributed by atoms with van der Waals surface area (Å²) in [7, 11) is 0. The molecule has 1 saturated heterocycles. The molecule has 2 aromatic rings. The highest BCUT2D eigenvalue weighted by atomic mass is 19.1. The van der Waals surface area contributed by atoms with Crippen LogP contribution in [0.1, 0.15) is 43.0 Å². The highest BCUT2D eigenvalue weighted by Crippen LogP contribution is 2.19. The third-order valence-corrected chi connectivity index (χ3v) is 4.46. The minimum absolute atomic E-state index is 0.0757. The molecule has 0 spiro atoms. The summed E-state index contributed by atoms with van der Waals surface area (Å²) in [6.45, 7) is 4.53. The van der Waals surface area contributed by atoms with Gasteiger partial charge in [-0.25, -0.2) is 18.5 Å². The van der Waals surface area contributed by atoms with Crippen molar-refractivity contribution in [3.8, 4) is 0 Å². The van der Waals surface area contributed by atoms with Gasteiger partial charge in [-0.2, -0.15) is 4.98 Å². The molecule has 0 aliphatic carbocycles. The van der Waals surface area contributed by atoms with Crippen molar-refractivity contribution in [2.75, 3.05) is 18.5 Å². The number of hydrogen-bond donors (Lipinski definition) is 2. The fourth-order valence-corrected chi connectivity index (χ4v) is 2.93. The Kier molecular flexibility index (Phi) is 4.98. The second-order valence-electron chi connectivity index (χ2n) is 6.26. The average molecular weight is 348 g/mol. The van der Waals surface area contributed by atoms with E-state index in [0.29, 0.717) is 37.2 Å². The zero-order valence-electron chi connectivity index (χ0n) is 14.2. The molecule has 2 N–H and O–H groups in total. The van der Waals surface area contributed by atoms with Gasteiger partial charge in [0.1, 0.15) is 5.82 Å². The SMILES string of the molecule is Cc1ccc([C@H](C)Nc2nc(=O)n(C3CCOCC3)c(=O)[nH]2)cc1F. The van der Waals surface area contributed by atoms with Crippen LogP contribution in [0.2, 0.25) is 0 Å². The zero-order valence-corrected chi connectivity index (χ0v) is 14.2. The van der Waals surface area contributed by atoms with Crippen LogP contribution in [0.15, 0.2) is 27.8 Å². The van der Waals surface area contributed by atoms with E-state index in [2.05, 4.69) is 15.3 Å². The van der Waals surface area contributed by atoms with Crippen molar-refractivity contribution in [3.05, 3.63) is 56.1 Å². The fourth-order valence-electron chi connectivity index (χ4n) is 2.93. The lowest BCUT2D eigenvalue weighted by Crippen LogP contribution is -2.42. The van der Waals surface area contributed by atoms with E-state index in [1.807, 2.05) is 0 Å². The van der Waals surface area contributed by atoms with Crippen molar-refractivity contribution in [1.29, 1.82) is 0 Å². The number of aromatic amines is 1. The van der Waals surface area contributed by atoms with Gasteiger partial charge in [-0.1, -0.05) is 12.1 Å². The van der Waals surface area contributed by atoms with Gasteiger partial charge in [-0.3, -0.25) is 4.98 Å². The molecule has 1 aliphatic rings. The molecular weight excluding hydrogens is 327 g/mol. The van der Waals surface area contributed by atoms with Crippen molar-refractivity contribution in [3.63, 3.8) is 0 Å². The van der Waals surface area contributed by atoms with Gasteiger partial charge in [0.15, 0.2) is 0 Å². The van der Waals surface area contributed by atoms with Crippen molar-refractivity contribution < 1.29 is 9.13 Å². The van der Waals surface area contributed by atoms with Gasteiger partial charge >= 0.3 is 11.4 Å². The number of halogens is 1. The number of aromatic nitrogens is 3. The third kappa shape index (κ3) is 3.79. The summed E-state index contributed by atoms with van der Waals surface area (Å²) in [5, 5.41) is 2.95. The van der Waals surface area contributed by atoms with Crippen LogP contribution in [0.4, 0.5) is 10.3 Å². The number of nitrogens with one attached hydrogen (secondary N) is 2. The smallest absolute Gasteiger partial charge is 0.355 e. The van der Waals surface area contributed by atoms with Crippen LogP contribution in [-0.2, 0) is 4.74 Å². The Morgan fingerprint density at radius 2 is 2.08 bits per heavy atom. The fraction of sp³-hybridized carbons (Fsp3) is 0.471. The third-order valence-electron chi connectivity index (χ3n) is 4.46. The van der Waals surface area contributed by atoms with Crippen molar-refractivity contribution >= 4 is 5.95 Å². The first kappa shape index (κ1) is 17.3. The summed E-state index contributed by atoms with van der Waals surface area (Å²) in [5.74, 6) is -0.227. The maximum Gasteiger partial charge on any atom is 0.355 e. The van der Waals surface area contributed by atoms with Crippen molar-refractivity contribution in [1.82, 2.24) is 14.5 Å². The standard InChI is InChI=1S/C17H21FN4O3/c1-10-3-4-12(9-14(10)18)11(2)19-15-20-16(23)22(17(24)21-15)13-5-7-25-8-6-13/h3-4,9,11,13H,5-8H2,1-2H3,(H2,19,20,21,23,24)/t11-/m0/s1. The van der Waals surface area contributed by atoms with Gasteiger partial charge in [0.25, 0.3) is 0 Å². The van der Waals surface area contributed by atoms with Gasteiger partial charge in [-0.05, 0) is 43.9 Å². The molecule has 0 saturated carbocycles. The molecule has 0 amide bonds. The maximum absolute atomic E-state index is 13.7. The zero-order chi connectivity index (χ0) is 18.0. The summed E-state index contributed by atoms with van der Waals surface area (Å²) in [6.07, 6.45) is 1.22. The van der Waals surface area contributed by atoms with E-state index in [1.54, 1.807) is 26.0 Å². The number of benzene rings is 1. The predicted octanol–water partition coefficient (Wildman–Crippen LogP) is 1.90. The van der Waals surface area contributed by atoms with Gasteiger partial charge in [-0.15, -0.1) is 0 Å². The quantitative estimate of drug-likeness (QED) is 0.881. The topological polar surface area (TPSA) is 89.0 Å². The van der Waals surface area contributed by atoms with Crippen LogP contribution in [0.5, 0.6) is 0 Å². The highest BCUT2D eigenvalue weighted by molar-refractivity contribution is 5.32. The molecule has 0 bridgehead atoms. The molecule has 1 aromatic carbocycles. The van der Waals surface area contributed by atoms with E-state index in [0.717, 1.165) is 4.57 Å². The minimum atomic E-state index is -0.597. The summed E-state index contributed by atoms with van der Waals surface area (Å²) >= 11 is 0. The van der Waals surface area contributed by atoms with E-state index < -0.39 is 11.4 Å². The molecule has 1 atom stereocenters. The maximum atomic E-state index is 13.7. The Labute approximate surface area is 143 Å². The number of hydrogen-bond acceptors (Lipinski definition) is 5. The summed E-state index contributed by atoms with van der Waals surface area (Å²) in [5.41, 5.74) is 0.151. The van der Waals surface area contributed by atoms with E-state index in [4.69, 9.17) is 4.74 Å². The molecule has 1 fully saturated rings. The first-order chi connectivity index (χ1) is 12.0. The number of ether oxygens (including phenoxy) is 1. The van der Waals surface area contributed by atoms with E-state index in [-0.39, 0.29) is 23.8 Å². The lowest BCUT2D eigenvalue weighted by atomic mass is 10.1. The molecule has 1 aromatic heterocycles. The van der Waals surface area contributed by atoms with Crippen LogP contribution in [-0.4, -0.2) is 27.7 Å². The molecule has 25 heavy (non-hydrogen) atoms. The Morgan fingerprint density at radius 1 is 1.36 bits per heavy atom. The molecule has 0 radical (unpaired) electrons. The van der Waals surface area contributed by atoms with Crippen LogP contribution in [0.3, 0.4) is 0 Å². The van der Waals surface area contributed by atoms with Crippen molar-refractivity contribution in [2.45, 2.75) is 38.8 Å². The van der Waals surface area contributed by atoms with Crippen LogP contribution < -0.4 is 16.7 Å². The van der Waals surface area contributed by atoms with Gasteiger partial charge < -0.3 is 10.1 Å². The van der Waals surface area contributed by atoms with E-state index in [9.17, 15) is 14.0 Å². The van der Waals surface area contributed by atoms with Gasteiger partial charge in [0.05, 0.1) is 6.04 Å². The number of H-pyrrole nitrogens is 1. The summed E-state index contributed by atoms with van der Waals surface area (Å²) in [4.78, 5) is 31.1. The second kappa shape index (κ2) is 7.18. The molecule has 0 unspecified atom stereocenters. The molecule has 3 rings (SSSR count). The lowest BCUT2D eigenvalue weighted by Gasteiger charge is -2.23. The molecule has 8 heteroatoms. The molecule has 2 heterocycles. The van der Waals surface area contributed by atoms with E-state index in [1.165, 1.54) is 6.07 Å². The number of nitrogens with zero attached hydrogens (tertiary/aromatic N) is 2. The van der Waals surface area contributed by atoms with Crippen molar-refractivity contribution in [2.24, 2.45) is 0 Å². The largest absolute Gasteiger partial charge is 0.381 e. The first-order valence-electron chi connectivity index (χ1n) is 8.29. The van der Waals surface area contributed by atoms with Gasteiger partial charge in [0, 0.05) is 19.3 Å². The second-order valence-corrected chi connectivity index (χ2v) is 6.26. The lowest BCUT2D eigenvalue weighted by molar-refractivity contribution is 0.0670. The molecular formula is C17H21FN4O3. The Morgan fingerprint density at radius 3 is 2.72 bits per heavy atom. The molecule has 1 aliphatic heterocycles. The van der Waals surface area contributed by atoms with Gasteiger partial charge in [0.2, 0.25) is 5.95 Å². The summed E-state index contributed by atoms with van der Waals surface area (Å²) < 4.78 is 20.1. The minimum Gasteiger partial charge on any atom is -0.381 e. The number of aryl methyl sites for hydroxylation is 1. The number of rotatable bonds is 4. The highest BCUT2D eigenvalue weighted by Gasteiger charge is 2.20. The molecule has 7 nitrogen and oxygen atoms in total. The predicted molar refractivity (Wildman–Crippen MR) is 91.4 cm³/mol. The Bertz CT molecular complexity index is 840. The average Bonchev–Trinajstić information content (AvgIpc) is 2.57. The first-order valence-corrected chi connectivity index (χ1v) is 8.29. The number of anilines is 1.